The Morgan fingerprint density at radius 3 is 2.11 bits per heavy atom. The van der Waals surface area contributed by atoms with Gasteiger partial charge < -0.3 is 10.2 Å². The van der Waals surface area contributed by atoms with Crippen molar-refractivity contribution in [1.29, 1.82) is 0 Å². The third kappa shape index (κ3) is 8.41. The summed E-state index contributed by atoms with van der Waals surface area (Å²) >= 11 is 12.6. The van der Waals surface area contributed by atoms with Crippen molar-refractivity contribution in [2.24, 2.45) is 5.92 Å². The molecule has 0 unspecified atom stereocenters. The van der Waals surface area contributed by atoms with Gasteiger partial charge >= 0.3 is 0 Å². The average molecular weight is 511 g/mol. The van der Waals surface area contributed by atoms with Gasteiger partial charge in [-0.3, -0.25) is 9.59 Å². The highest BCUT2D eigenvalue weighted by Gasteiger charge is 2.30. The van der Waals surface area contributed by atoms with Crippen molar-refractivity contribution in [2.75, 3.05) is 6.54 Å². The van der Waals surface area contributed by atoms with E-state index in [9.17, 15) is 9.59 Å². The summed E-state index contributed by atoms with van der Waals surface area (Å²) in [5, 5.41) is 4.03. The molecule has 35 heavy (non-hydrogen) atoms. The van der Waals surface area contributed by atoms with E-state index in [0.29, 0.717) is 35.3 Å². The fourth-order valence-electron chi connectivity index (χ4n) is 3.85. The van der Waals surface area contributed by atoms with Crippen molar-refractivity contribution in [3.8, 4) is 0 Å². The van der Waals surface area contributed by atoms with E-state index in [2.05, 4.69) is 5.32 Å². The Balaban J connectivity index is 1.92. The molecular formula is C29H32Cl2N2O2. The molecule has 0 fully saturated rings. The normalized spacial score (nSPS) is 11.8. The number of benzene rings is 3. The van der Waals surface area contributed by atoms with Gasteiger partial charge in [0.2, 0.25) is 11.8 Å². The van der Waals surface area contributed by atoms with E-state index in [1.807, 2.05) is 80.6 Å². The van der Waals surface area contributed by atoms with Crippen LogP contribution in [0.3, 0.4) is 0 Å². The Labute approximate surface area is 218 Å². The molecule has 4 nitrogen and oxygen atoms in total. The number of carbonyl (C=O) groups is 2. The van der Waals surface area contributed by atoms with Crippen LogP contribution >= 0.6 is 23.2 Å². The molecule has 0 saturated heterocycles. The molecule has 3 aromatic carbocycles. The first kappa shape index (κ1) is 26.8. The monoisotopic (exact) mass is 510 g/mol. The number of nitrogens with zero attached hydrogens (tertiary/aromatic N) is 1. The number of halogens is 2. The minimum atomic E-state index is -0.675. The predicted molar refractivity (Wildman–Crippen MR) is 144 cm³/mol. The Kier molecular flexibility index (Phi) is 10.2. The lowest BCUT2D eigenvalue weighted by Crippen LogP contribution is -2.51. The van der Waals surface area contributed by atoms with Gasteiger partial charge in [0.15, 0.2) is 0 Å². The van der Waals surface area contributed by atoms with Gasteiger partial charge in [0.25, 0.3) is 0 Å². The minimum absolute atomic E-state index is 0.0968. The van der Waals surface area contributed by atoms with Crippen molar-refractivity contribution < 1.29 is 9.59 Å². The first-order chi connectivity index (χ1) is 16.8. The molecule has 0 radical (unpaired) electrons. The number of hydrogen-bond acceptors (Lipinski definition) is 2. The van der Waals surface area contributed by atoms with Crippen molar-refractivity contribution in [1.82, 2.24) is 10.2 Å². The van der Waals surface area contributed by atoms with E-state index in [-0.39, 0.29) is 24.8 Å². The zero-order chi connectivity index (χ0) is 25.2. The van der Waals surface area contributed by atoms with Crippen LogP contribution in [0.25, 0.3) is 0 Å². The van der Waals surface area contributed by atoms with Crippen LogP contribution in [-0.2, 0) is 29.0 Å². The molecule has 0 aliphatic heterocycles. The van der Waals surface area contributed by atoms with Gasteiger partial charge in [0.1, 0.15) is 6.04 Å². The van der Waals surface area contributed by atoms with Crippen molar-refractivity contribution in [3.63, 3.8) is 0 Å². The second-order valence-corrected chi connectivity index (χ2v) is 9.93. The summed E-state index contributed by atoms with van der Waals surface area (Å²) in [7, 11) is 0. The molecule has 0 heterocycles. The van der Waals surface area contributed by atoms with Gasteiger partial charge in [0.05, 0.1) is 0 Å². The van der Waals surface area contributed by atoms with Crippen molar-refractivity contribution in [3.05, 3.63) is 106 Å². The lowest BCUT2D eigenvalue weighted by molar-refractivity contribution is -0.141. The summed E-state index contributed by atoms with van der Waals surface area (Å²) in [5.74, 6) is 0.0328. The van der Waals surface area contributed by atoms with Crippen LogP contribution in [0.15, 0.2) is 78.9 Å². The second-order valence-electron chi connectivity index (χ2n) is 9.09. The van der Waals surface area contributed by atoms with Gasteiger partial charge in [-0.05, 0) is 41.2 Å². The summed E-state index contributed by atoms with van der Waals surface area (Å²) in [5.41, 5.74) is 2.81. The summed E-state index contributed by atoms with van der Waals surface area (Å²) in [4.78, 5) is 28.8. The highest BCUT2D eigenvalue weighted by atomic mass is 35.5. The summed E-state index contributed by atoms with van der Waals surface area (Å²) in [6, 6.07) is 24.2. The van der Waals surface area contributed by atoms with E-state index < -0.39 is 6.04 Å². The summed E-state index contributed by atoms with van der Waals surface area (Å²) < 4.78 is 0. The number of hydrogen-bond donors (Lipinski definition) is 1. The maximum Gasteiger partial charge on any atom is 0.243 e. The van der Waals surface area contributed by atoms with Crippen LogP contribution < -0.4 is 5.32 Å². The molecule has 0 aromatic heterocycles. The average Bonchev–Trinajstić information content (AvgIpc) is 2.85. The van der Waals surface area contributed by atoms with E-state index in [1.54, 1.807) is 17.0 Å². The van der Waals surface area contributed by atoms with E-state index >= 15 is 0 Å². The fourth-order valence-corrected chi connectivity index (χ4v) is 4.32. The highest BCUT2D eigenvalue weighted by Crippen LogP contribution is 2.24. The van der Waals surface area contributed by atoms with Gasteiger partial charge in [-0.25, -0.2) is 0 Å². The molecule has 3 aromatic rings. The molecule has 0 aliphatic carbocycles. The predicted octanol–water partition coefficient (Wildman–Crippen LogP) is 6.34. The molecule has 0 aliphatic rings. The molecule has 1 N–H and O–H groups in total. The standard InChI is InChI=1S/C29H32Cl2N2O2/c1-21(2)19-32-29(35)27(17-23-11-7-4-8-12-23)33(20-24-14-15-25(30)18-26(24)31)28(34)16-13-22-9-5-3-6-10-22/h3-12,14-15,18,21,27H,13,16-17,19-20H2,1-2H3,(H,32,35)/t27-/m1/s1. The summed E-state index contributed by atoms with van der Waals surface area (Å²) in [6.07, 6.45) is 1.29. The minimum Gasteiger partial charge on any atom is -0.354 e. The molecular weight excluding hydrogens is 479 g/mol. The summed E-state index contributed by atoms with van der Waals surface area (Å²) in [6.45, 7) is 4.85. The Bertz CT molecular complexity index is 1100. The topological polar surface area (TPSA) is 49.4 Å². The van der Waals surface area contributed by atoms with Gasteiger partial charge in [0, 0.05) is 36.0 Å². The molecule has 3 rings (SSSR count). The number of aryl methyl sites for hydroxylation is 1. The molecule has 0 bridgehead atoms. The van der Waals surface area contributed by atoms with E-state index in [4.69, 9.17) is 23.2 Å². The molecule has 1 atom stereocenters. The lowest BCUT2D eigenvalue weighted by atomic mass is 10.0. The maximum absolute atomic E-state index is 13.7. The second kappa shape index (κ2) is 13.3. The molecule has 184 valence electrons. The first-order valence-corrected chi connectivity index (χ1v) is 12.7. The first-order valence-electron chi connectivity index (χ1n) is 11.9. The van der Waals surface area contributed by atoms with Crippen LogP contribution in [0.4, 0.5) is 0 Å². The third-order valence-electron chi connectivity index (χ3n) is 5.78. The van der Waals surface area contributed by atoms with E-state index in [0.717, 1.165) is 16.7 Å². The Morgan fingerprint density at radius 2 is 1.51 bits per heavy atom. The van der Waals surface area contributed by atoms with Gasteiger partial charge in [-0.2, -0.15) is 0 Å². The van der Waals surface area contributed by atoms with Crippen molar-refractivity contribution >= 4 is 35.0 Å². The SMILES string of the molecule is CC(C)CNC(=O)[C@@H](Cc1ccccc1)N(Cc1ccc(Cl)cc1Cl)C(=O)CCc1ccccc1. The molecule has 0 saturated carbocycles. The van der Waals surface area contributed by atoms with Gasteiger partial charge in [-0.15, -0.1) is 0 Å². The van der Waals surface area contributed by atoms with Gasteiger partial charge in [-0.1, -0.05) is 104 Å². The number of nitrogens with one attached hydrogen (secondary N) is 1. The molecule has 2 amide bonds. The number of rotatable bonds is 11. The van der Waals surface area contributed by atoms with Crippen LogP contribution in [-0.4, -0.2) is 29.3 Å². The number of carbonyl (C=O) groups excluding carboxylic acids is 2. The highest BCUT2D eigenvalue weighted by molar-refractivity contribution is 6.35. The Morgan fingerprint density at radius 1 is 0.886 bits per heavy atom. The smallest absolute Gasteiger partial charge is 0.243 e. The lowest BCUT2D eigenvalue weighted by Gasteiger charge is -2.32. The quantitative estimate of drug-likeness (QED) is 0.327. The van der Waals surface area contributed by atoms with E-state index in [1.165, 1.54) is 0 Å². The maximum atomic E-state index is 13.7. The Hall–Kier alpha value is -2.82. The van der Waals surface area contributed by atoms with Crippen LogP contribution in [0, 0.1) is 5.92 Å². The van der Waals surface area contributed by atoms with Crippen molar-refractivity contribution in [2.45, 2.75) is 45.7 Å². The van der Waals surface area contributed by atoms with Crippen LogP contribution in [0.5, 0.6) is 0 Å². The fraction of sp³-hybridized carbons (Fsp3) is 0.310. The zero-order valence-electron chi connectivity index (χ0n) is 20.2. The van der Waals surface area contributed by atoms with Crippen LogP contribution in [0.1, 0.15) is 37.0 Å². The molecule has 6 heteroatoms. The largest absolute Gasteiger partial charge is 0.354 e. The van der Waals surface area contributed by atoms with Crippen LogP contribution in [0.2, 0.25) is 10.0 Å². The molecule has 0 spiro atoms. The number of amides is 2. The third-order valence-corrected chi connectivity index (χ3v) is 6.37. The zero-order valence-corrected chi connectivity index (χ0v) is 21.7.